The number of carbonyl (C=O) groups is 2. The molecule has 2 aliphatic rings. The Morgan fingerprint density at radius 3 is 2.24 bits per heavy atom. The first-order valence-electron chi connectivity index (χ1n) is 9.52. The Balaban J connectivity index is 2.04. The average molecular weight is 354 g/mol. The van der Waals surface area contributed by atoms with Crippen molar-refractivity contribution in [3.63, 3.8) is 0 Å². The molecule has 0 heterocycles. The molecule has 0 atom stereocenters. The van der Waals surface area contributed by atoms with Gasteiger partial charge in [0, 0.05) is 26.2 Å². The summed E-state index contributed by atoms with van der Waals surface area (Å²) in [6.07, 6.45) is 5.86. The highest BCUT2D eigenvalue weighted by atomic mass is 16.6. The van der Waals surface area contributed by atoms with Gasteiger partial charge in [0.25, 0.3) is 0 Å². The maximum absolute atomic E-state index is 13.2. The van der Waals surface area contributed by atoms with Crippen LogP contribution in [0.1, 0.15) is 65.7 Å². The molecule has 2 saturated carbocycles. The van der Waals surface area contributed by atoms with E-state index in [1.165, 1.54) is 6.42 Å². The minimum atomic E-state index is -0.576. The normalized spacial score (nSPS) is 27.3. The maximum atomic E-state index is 13.2. The van der Waals surface area contributed by atoms with Crippen LogP contribution in [-0.4, -0.2) is 53.8 Å². The Labute approximate surface area is 151 Å². The molecule has 0 spiro atoms. The van der Waals surface area contributed by atoms with Gasteiger partial charge in [0.05, 0.1) is 5.41 Å². The van der Waals surface area contributed by atoms with E-state index in [1.54, 1.807) is 0 Å². The van der Waals surface area contributed by atoms with E-state index in [4.69, 9.17) is 4.74 Å². The van der Waals surface area contributed by atoms with E-state index in [0.29, 0.717) is 25.4 Å². The largest absolute Gasteiger partial charge is 0.444 e. The Morgan fingerprint density at radius 2 is 1.80 bits per heavy atom. The number of nitrogens with one attached hydrogen (secondary N) is 1. The third kappa shape index (κ3) is 5.09. The SMILES string of the molecule is CN(C(=O)C1(CNC(=O)OC(C)(C)C)CCC(CO)CC1)C1CCC1. The van der Waals surface area contributed by atoms with Gasteiger partial charge in [-0.3, -0.25) is 4.79 Å². The number of hydrogen-bond donors (Lipinski definition) is 2. The molecule has 6 heteroatoms. The lowest BCUT2D eigenvalue weighted by Crippen LogP contribution is -2.54. The van der Waals surface area contributed by atoms with Crippen LogP contribution < -0.4 is 5.32 Å². The number of rotatable bonds is 5. The van der Waals surface area contributed by atoms with Crippen molar-refractivity contribution in [2.45, 2.75) is 77.4 Å². The number of aliphatic hydroxyl groups excluding tert-OH is 1. The van der Waals surface area contributed by atoms with E-state index in [1.807, 2.05) is 32.7 Å². The minimum absolute atomic E-state index is 0.129. The third-order valence-electron chi connectivity index (χ3n) is 5.69. The van der Waals surface area contributed by atoms with Crippen molar-refractivity contribution in [3.8, 4) is 0 Å². The quantitative estimate of drug-likeness (QED) is 0.796. The van der Waals surface area contributed by atoms with E-state index in [2.05, 4.69) is 5.32 Å². The summed E-state index contributed by atoms with van der Waals surface area (Å²) in [5, 5.41) is 12.2. The van der Waals surface area contributed by atoms with E-state index in [-0.39, 0.29) is 18.4 Å². The molecule has 25 heavy (non-hydrogen) atoms. The monoisotopic (exact) mass is 354 g/mol. The molecular weight excluding hydrogens is 320 g/mol. The van der Waals surface area contributed by atoms with Gasteiger partial charge in [-0.1, -0.05) is 0 Å². The molecule has 2 rings (SSSR count). The number of carbonyl (C=O) groups excluding carboxylic acids is 2. The van der Waals surface area contributed by atoms with Gasteiger partial charge in [0.15, 0.2) is 0 Å². The van der Waals surface area contributed by atoms with E-state index < -0.39 is 17.1 Å². The van der Waals surface area contributed by atoms with Crippen LogP contribution in [0.3, 0.4) is 0 Å². The second kappa shape index (κ2) is 7.94. The number of hydrogen-bond acceptors (Lipinski definition) is 4. The van der Waals surface area contributed by atoms with Crippen LogP contribution >= 0.6 is 0 Å². The molecule has 0 aromatic carbocycles. The molecule has 0 bridgehead atoms. The molecule has 2 fully saturated rings. The second-order valence-corrected chi connectivity index (χ2v) is 8.76. The van der Waals surface area contributed by atoms with Crippen molar-refractivity contribution in [1.29, 1.82) is 0 Å². The number of nitrogens with zero attached hydrogens (tertiary/aromatic N) is 1. The van der Waals surface area contributed by atoms with Crippen LogP contribution in [-0.2, 0) is 9.53 Å². The third-order valence-corrected chi connectivity index (χ3v) is 5.69. The zero-order chi connectivity index (χ0) is 18.7. The molecule has 0 unspecified atom stereocenters. The van der Waals surface area contributed by atoms with Crippen molar-refractivity contribution in [2.24, 2.45) is 11.3 Å². The summed E-state index contributed by atoms with van der Waals surface area (Å²) in [5.41, 5.74) is -1.13. The zero-order valence-corrected chi connectivity index (χ0v) is 16.1. The molecular formula is C19H34N2O4. The fourth-order valence-electron chi connectivity index (χ4n) is 3.75. The summed E-state index contributed by atoms with van der Waals surface area (Å²) in [6, 6.07) is 0.335. The van der Waals surface area contributed by atoms with Gasteiger partial charge >= 0.3 is 6.09 Å². The van der Waals surface area contributed by atoms with Crippen molar-refractivity contribution < 1.29 is 19.4 Å². The fourth-order valence-corrected chi connectivity index (χ4v) is 3.75. The van der Waals surface area contributed by atoms with Gasteiger partial charge in [-0.2, -0.15) is 0 Å². The van der Waals surface area contributed by atoms with Crippen LogP contribution in [0.5, 0.6) is 0 Å². The highest BCUT2D eigenvalue weighted by Gasteiger charge is 2.45. The van der Waals surface area contributed by atoms with Crippen molar-refractivity contribution in [1.82, 2.24) is 10.2 Å². The zero-order valence-electron chi connectivity index (χ0n) is 16.1. The maximum Gasteiger partial charge on any atom is 0.407 e. The molecule has 0 aromatic rings. The topological polar surface area (TPSA) is 78.9 Å². The highest BCUT2D eigenvalue weighted by Crippen LogP contribution is 2.41. The smallest absolute Gasteiger partial charge is 0.407 e. The van der Waals surface area contributed by atoms with Crippen LogP contribution in [0, 0.1) is 11.3 Å². The van der Waals surface area contributed by atoms with Crippen LogP contribution in [0.25, 0.3) is 0 Å². The Morgan fingerprint density at radius 1 is 1.20 bits per heavy atom. The number of alkyl carbamates (subject to hydrolysis) is 1. The Kier molecular flexibility index (Phi) is 6.35. The van der Waals surface area contributed by atoms with Gasteiger partial charge in [0.2, 0.25) is 5.91 Å². The predicted octanol–water partition coefficient (Wildman–Crippen LogP) is 2.69. The van der Waals surface area contributed by atoms with Crippen molar-refractivity contribution in [3.05, 3.63) is 0 Å². The molecule has 0 radical (unpaired) electrons. The first kappa shape index (κ1) is 20.0. The van der Waals surface area contributed by atoms with Gasteiger partial charge in [0.1, 0.15) is 5.60 Å². The second-order valence-electron chi connectivity index (χ2n) is 8.76. The van der Waals surface area contributed by atoms with E-state index >= 15 is 0 Å². The first-order valence-corrected chi connectivity index (χ1v) is 9.52. The number of amides is 2. The summed E-state index contributed by atoms with van der Waals surface area (Å²) in [4.78, 5) is 27.2. The molecule has 2 amide bonds. The van der Waals surface area contributed by atoms with Gasteiger partial charge in [-0.25, -0.2) is 4.79 Å². The van der Waals surface area contributed by atoms with Gasteiger partial charge in [-0.05, 0) is 71.6 Å². The van der Waals surface area contributed by atoms with E-state index in [9.17, 15) is 14.7 Å². The fraction of sp³-hybridized carbons (Fsp3) is 0.895. The highest BCUT2D eigenvalue weighted by molar-refractivity contribution is 5.84. The Hall–Kier alpha value is -1.30. The van der Waals surface area contributed by atoms with Crippen molar-refractivity contribution >= 4 is 12.0 Å². The van der Waals surface area contributed by atoms with Crippen molar-refractivity contribution in [2.75, 3.05) is 20.2 Å². The minimum Gasteiger partial charge on any atom is -0.444 e. The number of ether oxygens (including phenoxy) is 1. The lowest BCUT2D eigenvalue weighted by molar-refractivity contribution is -0.147. The van der Waals surface area contributed by atoms with Crippen LogP contribution in [0.2, 0.25) is 0 Å². The number of aliphatic hydroxyl groups is 1. The summed E-state index contributed by atoms with van der Waals surface area (Å²) >= 11 is 0. The Bertz CT molecular complexity index is 474. The summed E-state index contributed by atoms with van der Waals surface area (Å²) in [6.45, 7) is 5.94. The summed E-state index contributed by atoms with van der Waals surface area (Å²) < 4.78 is 5.32. The summed E-state index contributed by atoms with van der Waals surface area (Å²) in [5.74, 6) is 0.390. The first-order chi connectivity index (χ1) is 11.7. The van der Waals surface area contributed by atoms with Crippen LogP contribution in [0.4, 0.5) is 4.79 Å². The van der Waals surface area contributed by atoms with E-state index in [0.717, 1.165) is 25.7 Å². The predicted molar refractivity (Wildman–Crippen MR) is 96.1 cm³/mol. The van der Waals surface area contributed by atoms with Crippen LogP contribution in [0.15, 0.2) is 0 Å². The molecule has 0 aliphatic heterocycles. The summed E-state index contributed by atoms with van der Waals surface area (Å²) in [7, 11) is 1.89. The molecule has 2 aliphatic carbocycles. The standard InChI is InChI=1S/C19H34N2O4/c1-18(2,3)25-17(24)20-13-19(10-8-14(12-22)9-11-19)16(23)21(4)15-6-5-7-15/h14-15,22H,5-13H2,1-4H3,(H,20,24). The average Bonchev–Trinajstić information content (AvgIpc) is 2.49. The molecule has 144 valence electrons. The lowest BCUT2D eigenvalue weighted by atomic mass is 9.69. The molecule has 0 aromatic heterocycles. The lowest BCUT2D eigenvalue weighted by Gasteiger charge is -2.44. The van der Waals surface area contributed by atoms with Gasteiger partial charge in [-0.15, -0.1) is 0 Å². The van der Waals surface area contributed by atoms with Gasteiger partial charge < -0.3 is 20.1 Å². The molecule has 0 saturated heterocycles. The molecule has 6 nitrogen and oxygen atoms in total. The molecule has 2 N–H and O–H groups in total.